The average molecular weight is 576 g/mol. The number of β-lactam (4-membered cyclic amide) rings is 1. The maximum atomic E-state index is 12.8. The minimum atomic E-state index is -1.17. The quantitative estimate of drug-likeness (QED) is 0.255. The number of carbonyl (C=O) groups excluding carboxylic acids is 2. The Morgan fingerprint density at radius 1 is 1.47 bits per heavy atom. The summed E-state index contributed by atoms with van der Waals surface area (Å²) in [4.78, 5) is 44.3. The van der Waals surface area contributed by atoms with Gasteiger partial charge in [0.25, 0.3) is 11.8 Å². The summed E-state index contributed by atoms with van der Waals surface area (Å²) in [6.45, 7) is 1.84. The van der Waals surface area contributed by atoms with E-state index in [0.29, 0.717) is 27.9 Å². The molecule has 2 aliphatic heterocycles. The summed E-state index contributed by atoms with van der Waals surface area (Å²) >= 11 is 8.58. The number of thioether (sulfide) groups is 2. The first kappa shape index (κ1) is 23.2. The SMILES string of the molecule is Cc1nnc(SCC2=C(C(=O)O)N3C(=O)C(NC(=O)C(=CBr)c4csc(N)n4)[C@@H]3SC2)s1. The minimum Gasteiger partial charge on any atom is -0.477 e. The number of thiazole rings is 1. The number of carbonyl (C=O) groups is 3. The van der Waals surface area contributed by atoms with Crippen LogP contribution in [0.2, 0.25) is 0 Å². The van der Waals surface area contributed by atoms with Gasteiger partial charge in [-0.15, -0.1) is 33.3 Å². The lowest BCUT2D eigenvalue weighted by Crippen LogP contribution is -2.70. The second kappa shape index (κ2) is 9.51. The molecule has 1 saturated heterocycles. The molecule has 0 aliphatic carbocycles. The van der Waals surface area contributed by atoms with Crippen molar-refractivity contribution in [3.8, 4) is 0 Å². The van der Waals surface area contributed by atoms with Crippen LogP contribution in [0, 0.1) is 6.92 Å². The Kier molecular flexibility index (Phi) is 6.90. The Hall–Kier alpha value is -1.94. The maximum Gasteiger partial charge on any atom is 0.352 e. The lowest BCUT2D eigenvalue weighted by molar-refractivity contribution is -0.150. The van der Waals surface area contributed by atoms with Crippen molar-refractivity contribution >= 4 is 90.6 Å². The number of fused-ring (bicyclic) bond motifs is 1. The molecule has 0 radical (unpaired) electrons. The third-order valence-corrected chi connectivity index (χ3v) is 9.10. The van der Waals surface area contributed by atoms with Crippen molar-refractivity contribution < 1.29 is 19.5 Å². The highest BCUT2D eigenvalue weighted by Crippen LogP contribution is 2.42. The second-order valence-electron chi connectivity index (χ2n) is 6.59. The van der Waals surface area contributed by atoms with Crippen LogP contribution in [-0.4, -0.2) is 65.9 Å². The number of hydrogen-bond acceptors (Lipinski definition) is 11. The van der Waals surface area contributed by atoms with Crippen LogP contribution < -0.4 is 11.1 Å². The van der Waals surface area contributed by atoms with Crippen molar-refractivity contribution in [2.24, 2.45) is 0 Å². The van der Waals surface area contributed by atoms with Crippen molar-refractivity contribution in [1.29, 1.82) is 0 Å². The summed E-state index contributed by atoms with van der Waals surface area (Å²) in [6, 6.07) is -0.833. The molecule has 2 aliphatic rings. The summed E-state index contributed by atoms with van der Waals surface area (Å²) in [5.74, 6) is -1.32. The van der Waals surface area contributed by atoms with Crippen LogP contribution >= 0.6 is 62.1 Å². The fourth-order valence-electron chi connectivity index (χ4n) is 3.13. The molecule has 15 heteroatoms. The number of aryl methyl sites for hydroxylation is 1. The number of carboxylic acids is 1. The second-order valence-corrected chi connectivity index (χ2v) is 11.4. The Bertz CT molecular complexity index is 1160. The van der Waals surface area contributed by atoms with Crippen molar-refractivity contribution in [3.63, 3.8) is 0 Å². The number of nitrogens with one attached hydrogen (secondary N) is 1. The number of nitrogens with zero attached hydrogens (tertiary/aromatic N) is 4. The molecule has 2 amide bonds. The number of rotatable bonds is 7. The Morgan fingerprint density at radius 2 is 2.25 bits per heavy atom. The minimum absolute atomic E-state index is 0.0264. The number of hydrogen-bond donors (Lipinski definition) is 3. The van der Waals surface area contributed by atoms with E-state index < -0.39 is 29.2 Å². The molecule has 1 fully saturated rings. The summed E-state index contributed by atoms with van der Waals surface area (Å²) in [5, 5.41) is 22.8. The van der Waals surface area contributed by atoms with Crippen LogP contribution in [0.5, 0.6) is 0 Å². The molecule has 10 nitrogen and oxygen atoms in total. The van der Waals surface area contributed by atoms with Gasteiger partial charge in [0.15, 0.2) is 9.47 Å². The molecule has 2 aromatic rings. The number of nitrogens with two attached hydrogens (primary N) is 1. The number of aliphatic carboxylic acids is 1. The Balaban J connectivity index is 1.48. The molecular weight excluding hydrogens is 560 g/mol. The van der Waals surface area contributed by atoms with Gasteiger partial charge < -0.3 is 16.2 Å². The highest BCUT2D eigenvalue weighted by atomic mass is 79.9. The van der Waals surface area contributed by atoms with E-state index in [1.165, 1.54) is 56.1 Å². The van der Waals surface area contributed by atoms with E-state index in [9.17, 15) is 19.5 Å². The van der Waals surface area contributed by atoms with Crippen molar-refractivity contribution in [2.45, 2.75) is 22.7 Å². The largest absolute Gasteiger partial charge is 0.477 e. The van der Waals surface area contributed by atoms with Gasteiger partial charge in [-0.3, -0.25) is 14.5 Å². The molecule has 32 heavy (non-hydrogen) atoms. The van der Waals surface area contributed by atoms with Crippen LogP contribution in [0.25, 0.3) is 5.57 Å². The Morgan fingerprint density at radius 3 is 2.84 bits per heavy atom. The van der Waals surface area contributed by atoms with E-state index in [2.05, 4.69) is 36.4 Å². The first-order chi connectivity index (χ1) is 15.3. The number of anilines is 1. The van der Waals surface area contributed by atoms with Crippen molar-refractivity contribution in [2.75, 3.05) is 17.2 Å². The van der Waals surface area contributed by atoms with Gasteiger partial charge in [0.05, 0.1) is 11.3 Å². The number of halogens is 1. The van der Waals surface area contributed by atoms with E-state index in [-0.39, 0.29) is 11.3 Å². The van der Waals surface area contributed by atoms with Gasteiger partial charge in [0.1, 0.15) is 22.1 Å². The van der Waals surface area contributed by atoms with E-state index in [1.807, 2.05) is 6.92 Å². The summed E-state index contributed by atoms with van der Waals surface area (Å²) in [7, 11) is 0. The molecule has 4 heterocycles. The molecular formula is C17H15BrN6O4S4. The number of carboxylic acid groups (broad SMARTS) is 1. The zero-order valence-electron chi connectivity index (χ0n) is 16.3. The van der Waals surface area contributed by atoms with Crippen molar-refractivity contribution in [3.05, 3.63) is 32.3 Å². The fraction of sp³-hybridized carbons (Fsp3) is 0.294. The van der Waals surface area contributed by atoms with E-state index in [0.717, 1.165) is 9.35 Å². The normalized spacial score (nSPS) is 20.8. The van der Waals surface area contributed by atoms with Crippen LogP contribution in [-0.2, 0) is 14.4 Å². The predicted molar refractivity (Wildman–Crippen MR) is 128 cm³/mol. The molecule has 168 valence electrons. The molecule has 2 atom stereocenters. The van der Waals surface area contributed by atoms with Gasteiger partial charge in [-0.2, -0.15) is 0 Å². The summed E-state index contributed by atoms with van der Waals surface area (Å²) in [6.07, 6.45) is 0. The molecule has 4 rings (SSSR count). The molecule has 0 bridgehead atoms. The van der Waals surface area contributed by atoms with Gasteiger partial charge in [-0.1, -0.05) is 39.0 Å². The average Bonchev–Trinajstić information content (AvgIpc) is 3.38. The van der Waals surface area contributed by atoms with Crippen molar-refractivity contribution in [1.82, 2.24) is 25.4 Å². The molecule has 0 aromatic carbocycles. The third kappa shape index (κ3) is 4.44. The molecule has 1 unspecified atom stereocenters. The zero-order valence-corrected chi connectivity index (χ0v) is 21.1. The smallest absolute Gasteiger partial charge is 0.352 e. The lowest BCUT2D eigenvalue weighted by Gasteiger charge is -2.49. The lowest BCUT2D eigenvalue weighted by atomic mass is 10.0. The monoisotopic (exact) mass is 574 g/mol. The van der Waals surface area contributed by atoms with Crippen LogP contribution in [0.1, 0.15) is 10.7 Å². The molecule has 2 aromatic heterocycles. The molecule has 4 N–H and O–H groups in total. The summed E-state index contributed by atoms with van der Waals surface area (Å²) in [5.41, 5.74) is 6.86. The standard InChI is InChI=1S/C17H15BrN6O4S4/c1-6-22-23-17(32-6)31-4-7-3-29-14-10(13(26)24(14)11(7)15(27)28)21-12(25)8(2-18)9-5-30-16(19)20-9/h2,5,10,14H,3-4H2,1H3,(H2,19,20)(H,21,25)(H,27,28)/t10?,14-/m0/s1. The van der Waals surface area contributed by atoms with E-state index in [4.69, 9.17) is 5.73 Å². The first-order valence-corrected chi connectivity index (χ1v) is 13.6. The van der Waals surface area contributed by atoms with E-state index in [1.54, 1.807) is 5.38 Å². The zero-order chi connectivity index (χ0) is 23.0. The van der Waals surface area contributed by atoms with Gasteiger partial charge >= 0.3 is 5.97 Å². The molecule has 0 spiro atoms. The predicted octanol–water partition coefficient (Wildman–Crippen LogP) is 2.15. The van der Waals surface area contributed by atoms with Crippen LogP contribution in [0.3, 0.4) is 0 Å². The number of amides is 2. The van der Waals surface area contributed by atoms with Gasteiger partial charge in [-0.05, 0) is 17.5 Å². The number of aromatic nitrogens is 3. The highest BCUT2D eigenvalue weighted by Gasteiger charge is 2.54. The fourth-order valence-corrected chi connectivity index (χ4v) is 7.44. The highest BCUT2D eigenvalue weighted by molar-refractivity contribution is 9.11. The Labute approximate surface area is 206 Å². The first-order valence-electron chi connectivity index (χ1n) is 8.95. The van der Waals surface area contributed by atoms with Gasteiger partial charge in [0, 0.05) is 16.9 Å². The number of nitrogen functional groups attached to an aromatic ring is 1. The topological polar surface area (TPSA) is 151 Å². The molecule has 0 saturated carbocycles. The van der Waals surface area contributed by atoms with Crippen LogP contribution in [0.15, 0.2) is 26.0 Å². The maximum absolute atomic E-state index is 12.8. The van der Waals surface area contributed by atoms with Gasteiger partial charge in [0.2, 0.25) is 0 Å². The van der Waals surface area contributed by atoms with Gasteiger partial charge in [-0.25, -0.2) is 9.78 Å². The third-order valence-electron chi connectivity index (χ3n) is 4.57. The van der Waals surface area contributed by atoms with E-state index >= 15 is 0 Å². The summed E-state index contributed by atoms with van der Waals surface area (Å²) < 4.78 is 0.740. The van der Waals surface area contributed by atoms with Crippen LogP contribution in [0.4, 0.5) is 5.13 Å².